The lowest BCUT2D eigenvalue weighted by Gasteiger charge is -2.19. The normalized spacial score (nSPS) is 13.6. The number of ether oxygens (including phenoxy) is 3. The number of esters is 1. The molecule has 2 N–H and O–H groups in total. The van der Waals surface area contributed by atoms with Crippen molar-refractivity contribution in [3.05, 3.63) is 36.2 Å². The Labute approximate surface area is 149 Å². The van der Waals surface area contributed by atoms with Crippen LogP contribution in [0.4, 0.5) is 0 Å². The molecule has 1 aliphatic heterocycles. The molecular formula is C18H18N2O6. The molecule has 0 bridgehead atoms. The number of pyridine rings is 1. The molecule has 26 heavy (non-hydrogen) atoms. The lowest BCUT2D eigenvalue weighted by molar-refractivity contribution is -0.142. The molecule has 0 aliphatic carbocycles. The molecule has 136 valence electrons. The van der Waals surface area contributed by atoms with Crippen molar-refractivity contribution in [2.24, 2.45) is 0 Å². The molecule has 1 aromatic heterocycles. The first-order chi connectivity index (χ1) is 12.5. The summed E-state index contributed by atoms with van der Waals surface area (Å²) in [4.78, 5) is 27.6. The summed E-state index contributed by atoms with van der Waals surface area (Å²) in [5.74, 6) is -0.293. The smallest absolute Gasteiger partial charge is 0.328 e. The van der Waals surface area contributed by atoms with Crippen LogP contribution in [-0.4, -0.2) is 48.3 Å². The van der Waals surface area contributed by atoms with Crippen molar-refractivity contribution < 1.29 is 28.9 Å². The third-order valence-corrected chi connectivity index (χ3v) is 3.86. The van der Waals surface area contributed by atoms with Gasteiger partial charge in [0, 0.05) is 11.8 Å². The molecule has 1 atom stereocenters. The van der Waals surface area contributed by atoms with Gasteiger partial charge >= 0.3 is 5.97 Å². The standard InChI is InChI=1S/C18H18N2O6/c1-10(18(23)24-2)20-17(22)16-13(21)7-12(9-19-16)11-3-4-14-15(8-11)26-6-5-25-14/h3-4,7-10,21H,5-6H2,1-2H3,(H,20,22). The molecule has 8 nitrogen and oxygen atoms in total. The SMILES string of the molecule is COC(=O)C(C)NC(=O)c1ncc(-c2ccc3c(c2)OCCO3)cc1O. The maximum Gasteiger partial charge on any atom is 0.328 e. The van der Waals surface area contributed by atoms with Gasteiger partial charge in [0.2, 0.25) is 0 Å². The Morgan fingerprint density at radius 3 is 2.62 bits per heavy atom. The number of rotatable bonds is 4. The Kier molecular flexibility index (Phi) is 4.92. The molecule has 1 aromatic carbocycles. The van der Waals surface area contributed by atoms with Gasteiger partial charge in [-0.15, -0.1) is 0 Å². The number of methoxy groups -OCH3 is 1. The van der Waals surface area contributed by atoms with Crippen molar-refractivity contribution in [1.29, 1.82) is 0 Å². The van der Waals surface area contributed by atoms with E-state index in [9.17, 15) is 14.7 Å². The number of nitrogens with one attached hydrogen (secondary N) is 1. The van der Waals surface area contributed by atoms with Gasteiger partial charge in [0.1, 0.15) is 25.0 Å². The van der Waals surface area contributed by atoms with Crippen LogP contribution in [-0.2, 0) is 9.53 Å². The number of amides is 1. The van der Waals surface area contributed by atoms with Gasteiger partial charge in [-0.3, -0.25) is 4.79 Å². The monoisotopic (exact) mass is 358 g/mol. The minimum atomic E-state index is -0.855. The molecule has 0 saturated heterocycles. The van der Waals surface area contributed by atoms with E-state index >= 15 is 0 Å². The summed E-state index contributed by atoms with van der Waals surface area (Å²) in [6.45, 7) is 2.45. The third kappa shape index (κ3) is 3.53. The number of fused-ring (bicyclic) bond motifs is 1. The number of hydrogen-bond acceptors (Lipinski definition) is 7. The largest absolute Gasteiger partial charge is 0.505 e. The van der Waals surface area contributed by atoms with E-state index in [-0.39, 0.29) is 11.4 Å². The van der Waals surface area contributed by atoms with E-state index in [1.807, 2.05) is 6.07 Å². The molecule has 0 fully saturated rings. The molecule has 0 saturated carbocycles. The van der Waals surface area contributed by atoms with Gasteiger partial charge in [-0.2, -0.15) is 0 Å². The number of aromatic hydroxyl groups is 1. The van der Waals surface area contributed by atoms with Crippen molar-refractivity contribution >= 4 is 11.9 Å². The molecule has 1 amide bonds. The van der Waals surface area contributed by atoms with Crippen LogP contribution < -0.4 is 14.8 Å². The van der Waals surface area contributed by atoms with Crippen LogP contribution in [0.5, 0.6) is 17.2 Å². The number of carbonyl (C=O) groups excluding carboxylic acids is 2. The predicted molar refractivity (Wildman–Crippen MR) is 91.3 cm³/mol. The Bertz CT molecular complexity index is 852. The minimum Gasteiger partial charge on any atom is -0.505 e. The highest BCUT2D eigenvalue weighted by Crippen LogP contribution is 2.35. The minimum absolute atomic E-state index is 0.179. The van der Waals surface area contributed by atoms with Crippen LogP contribution >= 0.6 is 0 Å². The van der Waals surface area contributed by atoms with E-state index in [1.54, 1.807) is 12.1 Å². The first-order valence-corrected chi connectivity index (χ1v) is 7.97. The van der Waals surface area contributed by atoms with E-state index < -0.39 is 17.9 Å². The van der Waals surface area contributed by atoms with Crippen LogP contribution in [0.25, 0.3) is 11.1 Å². The second-order valence-electron chi connectivity index (χ2n) is 5.67. The highest BCUT2D eigenvalue weighted by atomic mass is 16.6. The predicted octanol–water partition coefficient (Wildman–Crippen LogP) is 1.52. The summed E-state index contributed by atoms with van der Waals surface area (Å²) in [6, 6.07) is 5.94. The first kappa shape index (κ1) is 17.5. The van der Waals surface area contributed by atoms with Crippen LogP contribution in [0.3, 0.4) is 0 Å². The topological polar surface area (TPSA) is 107 Å². The summed E-state index contributed by atoms with van der Waals surface area (Å²) in [5, 5.41) is 12.6. The van der Waals surface area contributed by atoms with Crippen molar-refractivity contribution in [1.82, 2.24) is 10.3 Å². The van der Waals surface area contributed by atoms with Gasteiger partial charge in [0.25, 0.3) is 5.91 Å². The Morgan fingerprint density at radius 1 is 1.19 bits per heavy atom. The van der Waals surface area contributed by atoms with Crippen LogP contribution in [0.2, 0.25) is 0 Å². The molecular weight excluding hydrogens is 340 g/mol. The van der Waals surface area contributed by atoms with Crippen molar-refractivity contribution in [2.45, 2.75) is 13.0 Å². The fraction of sp³-hybridized carbons (Fsp3) is 0.278. The fourth-order valence-corrected chi connectivity index (χ4v) is 2.51. The van der Waals surface area contributed by atoms with Gasteiger partial charge in [-0.25, -0.2) is 9.78 Å². The highest BCUT2D eigenvalue weighted by Gasteiger charge is 2.21. The average molecular weight is 358 g/mol. The molecule has 2 aromatic rings. The van der Waals surface area contributed by atoms with E-state index in [0.29, 0.717) is 30.3 Å². The van der Waals surface area contributed by atoms with E-state index in [4.69, 9.17) is 9.47 Å². The second kappa shape index (κ2) is 7.30. The third-order valence-electron chi connectivity index (χ3n) is 3.86. The summed E-state index contributed by atoms with van der Waals surface area (Å²) < 4.78 is 15.6. The van der Waals surface area contributed by atoms with Gasteiger partial charge in [0.15, 0.2) is 17.2 Å². The number of nitrogens with zero attached hydrogens (tertiary/aromatic N) is 1. The Morgan fingerprint density at radius 2 is 1.92 bits per heavy atom. The molecule has 3 rings (SSSR count). The average Bonchev–Trinajstić information content (AvgIpc) is 2.66. The molecule has 1 unspecified atom stereocenters. The van der Waals surface area contributed by atoms with Crippen molar-refractivity contribution in [2.75, 3.05) is 20.3 Å². The van der Waals surface area contributed by atoms with Gasteiger partial charge in [-0.1, -0.05) is 6.07 Å². The number of benzene rings is 1. The zero-order chi connectivity index (χ0) is 18.7. The molecule has 0 spiro atoms. The highest BCUT2D eigenvalue weighted by molar-refractivity contribution is 5.97. The van der Waals surface area contributed by atoms with E-state index in [2.05, 4.69) is 15.0 Å². The zero-order valence-electron chi connectivity index (χ0n) is 14.3. The van der Waals surface area contributed by atoms with Gasteiger partial charge in [-0.05, 0) is 30.7 Å². The zero-order valence-corrected chi connectivity index (χ0v) is 14.3. The van der Waals surface area contributed by atoms with Crippen molar-refractivity contribution in [3.63, 3.8) is 0 Å². The van der Waals surface area contributed by atoms with E-state index in [0.717, 1.165) is 5.56 Å². The summed E-state index contributed by atoms with van der Waals surface area (Å²) in [7, 11) is 1.23. The first-order valence-electron chi connectivity index (χ1n) is 7.97. The summed E-state index contributed by atoms with van der Waals surface area (Å²) >= 11 is 0. The van der Waals surface area contributed by atoms with Crippen molar-refractivity contribution in [3.8, 4) is 28.4 Å². The molecule has 0 radical (unpaired) electrons. The molecule has 2 heterocycles. The van der Waals surface area contributed by atoms with Crippen LogP contribution in [0.15, 0.2) is 30.5 Å². The lowest BCUT2D eigenvalue weighted by Crippen LogP contribution is -2.39. The number of hydrogen-bond donors (Lipinski definition) is 2. The maximum absolute atomic E-state index is 12.2. The Balaban J connectivity index is 1.81. The fourth-order valence-electron chi connectivity index (χ4n) is 2.51. The van der Waals surface area contributed by atoms with Gasteiger partial charge in [0.05, 0.1) is 7.11 Å². The number of carbonyl (C=O) groups is 2. The molecule has 8 heteroatoms. The number of aromatic nitrogens is 1. The quantitative estimate of drug-likeness (QED) is 0.798. The van der Waals surface area contributed by atoms with Crippen LogP contribution in [0.1, 0.15) is 17.4 Å². The lowest BCUT2D eigenvalue weighted by atomic mass is 10.1. The van der Waals surface area contributed by atoms with Crippen LogP contribution in [0, 0.1) is 0 Å². The Hall–Kier alpha value is -3.29. The maximum atomic E-state index is 12.2. The summed E-state index contributed by atoms with van der Waals surface area (Å²) in [6.07, 6.45) is 1.46. The van der Waals surface area contributed by atoms with E-state index in [1.165, 1.54) is 26.3 Å². The van der Waals surface area contributed by atoms with Gasteiger partial charge < -0.3 is 24.6 Å². The second-order valence-corrected chi connectivity index (χ2v) is 5.67. The molecule has 1 aliphatic rings. The summed E-state index contributed by atoms with van der Waals surface area (Å²) in [5.41, 5.74) is 1.19.